The Morgan fingerprint density at radius 2 is 0.971 bits per heavy atom. The zero-order valence-electron chi connectivity index (χ0n) is 18.8. The highest BCUT2D eigenvalue weighted by Crippen LogP contribution is 2.48. The maximum absolute atomic E-state index is 14.2. The summed E-state index contributed by atoms with van der Waals surface area (Å²) in [6.45, 7) is 1.61. The molecule has 174 valence electrons. The molecule has 1 atom stereocenters. The topological polar surface area (TPSA) is 71.5 Å². The minimum Gasteiger partial charge on any atom is -0.206 e. The number of fused-ring (bicyclic) bond motifs is 7. The van der Waals surface area contributed by atoms with Crippen LogP contribution in [0.1, 0.15) is 18.5 Å². The Balaban J connectivity index is 1.83. The molecule has 0 saturated carbocycles. The second kappa shape index (κ2) is 7.75. The molecule has 0 bridgehead atoms. The van der Waals surface area contributed by atoms with Gasteiger partial charge in [-0.05, 0) is 46.2 Å². The van der Waals surface area contributed by atoms with E-state index >= 15 is 0 Å². The van der Waals surface area contributed by atoms with Crippen LogP contribution in [0.15, 0.2) is 113 Å². The summed E-state index contributed by atoms with van der Waals surface area (Å²) in [6, 6.07) is 29.3. The van der Waals surface area contributed by atoms with Gasteiger partial charge in [0, 0.05) is 11.1 Å². The molecule has 1 aliphatic heterocycles. The fraction of sp³-hybridized carbons (Fsp3) is 0.0714. The van der Waals surface area contributed by atoms with Crippen molar-refractivity contribution in [3.8, 4) is 11.1 Å². The van der Waals surface area contributed by atoms with Crippen molar-refractivity contribution < 1.29 is 16.8 Å². The van der Waals surface area contributed by atoms with Crippen LogP contribution in [0.4, 0.5) is 0 Å². The highest BCUT2D eigenvalue weighted by molar-refractivity contribution is 8.04. The molecular weight excluding hydrogens is 478 g/mol. The van der Waals surface area contributed by atoms with E-state index in [4.69, 9.17) is 0 Å². The van der Waals surface area contributed by atoms with E-state index in [1.165, 1.54) is 12.1 Å². The van der Waals surface area contributed by atoms with Gasteiger partial charge in [-0.3, -0.25) is 0 Å². The monoisotopic (exact) mass is 499 g/mol. The molecule has 35 heavy (non-hydrogen) atoms. The first-order valence-electron chi connectivity index (χ1n) is 11.2. The van der Waals surface area contributed by atoms with Crippen molar-refractivity contribution in [3.63, 3.8) is 0 Å². The van der Waals surface area contributed by atoms with Crippen LogP contribution in [-0.4, -0.2) is 20.5 Å². The van der Waals surface area contributed by atoms with E-state index in [1.807, 2.05) is 54.6 Å². The first-order valence-corrected chi connectivity index (χ1v) is 14.1. The lowest BCUT2D eigenvalue weighted by Crippen LogP contribution is -2.38. The lowest BCUT2D eigenvalue weighted by molar-refractivity contribution is 0.449. The zero-order chi connectivity index (χ0) is 24.4. The molecule has 6 rings (SSSR count). The third kappa shape index (κ3) is 3.16. The van der Waals surface area contributed by atoms with Crippen molar-refractivity contribution in [2.24, 2.45) is 0 Å². The minimum absolute atomic E-state index is 0.0161. The summed E-state index contributed by atoms with van der Waals surface area (Å²) in [5.74, 6) is 0. The Bertz CT molecular complexity index is 1730. The van der Waals surface area contributed by atoms with E-state index in [0.717, 1.165) is 10.8 Å². The quantitative estimate of drug-likeness (QED) is 0.294. The normalized spacial score (nSPS) is 17.4. The van der Waals surface area contributed by atoms with E-state index in [2.05, 4.69) is 0 Å². The lowest BCUT2D eigenvalue weighted by Gasteiger charge is -2.27. The molecule has 0 fully saturated rings. The van der Waals surface area contributed by atoms with E-state index in [9.17, 15) is 16.8 Å². The summed E-state index contributed by atoms with van der Waals surface area (Å²) in [4.78, 5) is -0.0321. The van der Waals surface area contributed by atoms with E-state index < -0.39 is 26.1 Å². The number of hydrogen-bond donors (Lipinski definition) is 0. The Morgan fingerprint density at radius 3 is 1.46 bits per heavy atom. The van der Waals surface area contributed by atoms with Gasteiger partial charge in [0.05, 0.1) is 15.8 Å². The number of hydrogen-bond acceptors (Lipinski definition) is 4. The number of benzene rings is 5. The first-order chi connectivity index (χ1) is 16.8. The number of rotatable bonds is 2. The molecule has 0 spiro atoms. The standard InChI is InChI=1S/C28H21NO4S2/c1-19(20-9-3-2-4-10-20)29-34(30,31)25-17-15-21-11-5-7-13-23(21)27(25)28-24-14-8-6-12-22(24)16-18-26(28)35(29,32)33/h2-19H,1H3/t19-/m0/s1. The Morgan fingerprint density at radius 1 is 0.543 bits per heavy atom. The van der Waals surface area contributed by atoms with Crippen LogP contribution in [0.5, 0.6) is 0 Å². The molecule has 0 amide bonds. The van der Waals surface area contributed by atoms with E-state index in [1.54, 1.807) is 43.3 Å². The lowest BCUT2D eigenvalue weighted by atomic mass is 9.94. The molecule has 1 heterocycles. The average molecular weight is 500 g/mol. The molecule has 0 aliphatic carbocycles. The van der Waals surface area contributed by atoms with Gasteiger partial charge in [0.25, 0.3) is 20.0 Å². The highest BCUT2D eigenvalue weighted by Gasteiger charge is 2.46. The Labute approximate surface area is 204 Å². The average Bonchev–Trinajstić information content (AvgIpc) is 2.93. The second-order valence-corrected chi connectivity index (χ2v) is 12.4. The predicted octanol–water partition coefficient (Wildman–Crippen LogP) is 6.11. The van der Waals surface area contributed by atoms with Crippen LogP contribution in [0.2, 0.25) is 0 Å². The smallest absolute Gasteiger partial charge is 0.206 e. The van der Waals surface area contributed by atoms with Crippen LogP contribution in [-0.2, 0) is 20.0 Å². The maximum Gasteiger partial charge on any atom is 0.257 e. The second-order valence-electron chi connectivity index (χ2n) is 8.64. The zero-order valence-corrected chi connectivity index (χ0v) is 20.4. The van der Waals surface area contributed by atoms with Gasteiger partial charge in [0.15, 0.2) is 0 Å². The van der Waals surface area contributed by atoms with Crippen molar-refractivity contribution in [2.75, 3.05) is 0 Å². The van der Waals surface area contributed by atoms with E-state index in [0.29, 0.717) is 31.2 Å². The molecule has 0 unspecified atom stereocenters. The van der Waals surface area contributed by atoms with Crippen LogP contribution >= 0.6 is 0 Å². The van der Waals surface area contributed by atoms with Crippen LogP contribution < -0.4 is 0 Å². The van der Waals surface area contributed by atoms with Gasteiger partial charge >= 0.3 is 0 Å². The summed E-state index contributed by atoms with van der Waals surface area (Å²) in [6.07, 6.45) is 0. The summed E-state index contributed by atoms with van der Waals surface area (Å²) < 4.78 is 57.7. The molecule has 5 aromatic rings. The van der Waals surface area contributed by atoms with Gasteiger partial charge < -0.3 is 0 Å². The van der Waals surface area contributed by atoms with Crippen LogP contribution in [0.25, 0.3) is 32.7 Å². The third-order valence-electron chi connectivity index (χ3n) is 6.66. The van der Waals surface area contributed by atoms with Crippen molar-refractivity contribution in [1.29, 1.82) is 0 Å². The highest BCUT2D eigenvalue weighted by atomic mass is 32.3. The molecule has 1 aliphatic rings. The fourth-order valence-electron chi connectivity index (χ4n) is 5.04. The van der Waals surface area contributed by atoms with Crippen LogP contribution in [0.3, 0.4) is 0 Å². The molecule has 0 radical (unpaired) electrons. The molecule has 0 N–H and O–H groups in total. The molecule has 7 heteroatoms. The Hall–Kier alpha value is -3.52. The maximum atomic E-state index is 14.2. The van der Waals surface area contributed by atoms with Gasteiger partial charge in [-0.2, -0.15) is 0 Å². The molecule has 5 aromatic carbocycles. The number of nitrogens with zero attached hydrogens (tertiary/aromatic N) is 1. The van der Waals surface area contributed by atoms with E-state index in [-0.39, 0.29) is 9.79 Å². The van der Waals surface area contributed by atoms with Crippen LogP contribution in [0, 0.1) is 0 Å². The Kier molecular flexibility index (Phi) is 4.86. The summed E-state index contributed by atoms with van der Waals surface area (Å²) >= 11 is 0. The number of sulfonamides is 2. The van der Waals surface area contributed by atoms with Gasteiger partial charge in [0.2, 0.25) is 0 Å². The van der Waals surface area contributed by atoms with Gasteiger partial charge in [-0.15, -0.1) is 0 Å². The third-order valence-corrected chi connectivity index (χ3v) is 11.2. The van der Waals surface area contributed by atoms with Crippen molar-refractivity contribution in [2.45, 2.75) is 22.8 Å². The summed E-state index contributed by atoms with van der Waals surface area (Å²) in [7, 11) is -8.91. The summed E-state index contributed by atoms with van der Waals surface area (Å²) in [5, 5.41) is 3.05. The van der Waals surface area contributed by atoms with Gasteiger partial charge in [-0.1, -0.05) is 94.7 Å². The van der Waals surface area contributed by atoms with Crippen molar-refractivity contribution in [3.05, 3.63) is 109 Å². The fourth-order valence-corrected chi connectivity index (χ4v) is 9.44. The van der Waals surface area contributed by atoms with Crippen molar-refractivity contribution in [1.82, 2.24) is 3.71 Å². The van der Waals surface area contributed by atoms with Gasteiger partial charge in [0.1, 0.15) is 0 Å². The predicted molar refractivity (Wildman–Crippen MR) is 138 cm³/mol. The van der Waals surface area contributed by atoms with Crippen molar-refractivity contribution >= 4 is 41.6 Å². The molecule has 0 saturated heterocycles. The molecule has 5 nitrogen and oxygen atoms in total. The first kappa shape index (κ1) is 22.0. The molecule has 0 aromatic heterocycles. The molecular formula is C28H21NO4S2. The SMILES string of the molecule is C[C@@H](c1ccccc1)N1S(=O)(=O)c2ccc3ccccc3c2-c2c(ccc3ccccc23)S1(=O)=O. The summed E-state index contributed by atoms with van der Waals surface area (Å²) in [5.41, 5.74) is 1.42. The minimum atomic E-state index is -4.46. The largest absolute Gasteiger partial charge is 0.257 e. The van der Waals surface area contributed by atoms with Gasteiger partial charge in [-0.25, -0.2) is 16.8 Å².